The number of rotatable bonds is 5. The molecule has 1 aromatic carbocycles. The lowest BCUT2D eigenvalue weighted by molar-refractivity contribution is -0.159. The molecule has 1 aliphatic heterocycles. The smallest absolute Gasteiger partial charge is 0.329 e. The Morgan fingerprint density at radius 2 is 1.77 bits per heavy atom. The van der Waals surface area contributed by atoms with Crippen molar-refractivity contribution in [2.24, 2.45) is 23.7 Å². The van der Waals surface area contributed by atoms with Crippen LogP contribution in [0.25, 0.3) is 0 Å². The van der Waals surface area contributed by atoms with Crippen LogP contribution in [-0.4, -0.2) is 50.9 Å². The van der Waals surface area contributed by atoms with Crippen molar-refractivity contribution < 1.29 is 23.9 Å². The fraction of sp³-hybridized carbons (Fsp3) is 0.524. The fourth-order valence-corrected chi connectivity index (χ4v) is 7.04. The third-order valence-corrected chi connectivity index (χ3v) is 10.2. The van der Waals surface area contributed by atoms with Crippen molar-refractivity contribution in [3.63, 3.8) is 0 Å². The minimum atomic E-state index is -1.09. The van der Waals surface area contributed by atoms with Crippen LogP contribution in [0.4, 0.5) is 5.69 Å². The number of imide groups is 1. The normalized spacial score (nSPS) is 32.2. The van der Waals surface area contributed by atoms with Crippen LogP contribution in [0.3, 0.4) is 0 Å². The number of hydrogen-bond acceptors (Lipinski definition) is 5. The number of aryl methyl sites for hydroxylation is 1. The first-order valence-electron chi connectivity index (χ1n) is 9.99. The number of likely N-dealkylation sites (tertiary alicyclic amines) is 1. The van der Waals surface area contributed by atoms with E-state index in [0.29, 0.717) is 10.7 Å². The molecule has 3 amide bonds. The van der Waals surface area contributed by atoms with E-state index in [9.17, 15) is 19.2 Å². The van der Waals surface area contributed by atoms with Crippen LogP contribution in [-0.2, 0) is 23.9 Å². The molecule has 7 atom stereocenters. The van der Waals surface area contributed by atoms with E-state index < -0.39 is 36.4 Å². The number of nitrogens with zero attached hydrogens (tertiary/aromatic N) is 1. The summed E-state index contributed by atoms with van der Waals surface area (Å²) in [5, 5.41) is 3.10. The molecule has 1 N–H and O–H groups in total. The van der Waals surface area contributed by atoms with Crippen LogP contribution < -0.4 is 5.32 Å². The lowest BCUT2D eigenvalue weighted by Gasteiger charge is -2.28. The Balaban J connectivity index is 1.36. The first-order chi connectivity index (χ1) is 14.6. The highest BCUT2D eigenvalue weighted by Gasteiger charge is 2.67. The van der Waals surface area contributed by atoms with Crippen molar-refractivity contribution in [3.05, 3.63) is 28.8 Å². The van der Waals surface area contributed by atoms with Gasteiger partial charge in [0.25, 0.3) is 5.91 Å². The largest absolute Gasteiger partial charge is 0.454 e. The van der Waals surface area contributed by atoms with Crippen LogP contribution in [0.15, 0.2) is 18.2 Å². The van der Waals surface area contributed by atoms with E-state index in [1.165, 1.54) is 6.92 Å². The Labute approximate surface area is 201 Å². The molecule has 166 valence electrons. The first kappa shape index (κ1) is 22.7. The SMILES string of the molecule is Cc1ccc(NC(=O)COC(=O)[C@H](C)N2C(=O)[C@@H]3[C@H]4C[C@@H]([C@H](Br)[C@H]4Br)[C@H]3C2=O)cc1Cl. The summed E-state index contributed by atoms with van der Waals surface area (Å²) in [6.07, 6.45) is 0.814. The van der Waals surface area contributed by atoms with Gasteiger partial charge in [-0.05, 0) is 49.8 Å². The number of carbonyl (C=O) groups excluding carboxylic acids is 4. The summed E-state index contributed by atoms with van der Waals surface area (Å²) in [6.45, 7) is 2.76. The van der Waals surface area contributed by atoms with Gasteiger partial charge in [-0.15, -0.1) is 0 Å². The van der Waals surface area contributed by atoms with E-state index in [-0.39, 0.29) is 33.3 Å². The summed E-state index contributed by atoms with van der Waals surface area (Å²) in [5.41, 5.74) is 1.35. The second kappa shape index (κ2) is 8.48. The number of fused-ring (bicyclic) bond motifs is 5. The van der Waals surface area contributed by atoms with Crippen LogP contribution in [0.5, 0.6) is 0 Å². The highest BCUT2D eigenvalue weighted by molar-refractivity contribution is 9.12. The van der Waals surface area contributed by atoms with E-state index in [2.05, 4.69) is 37.2 Å². The van der Waals surface area contributed by atoms with Gasteiger partial charge in [-0.25, -0.2) is 4.79 Å². The monoisotopic (exact) mass is 574 g/mol. The van der Waals surface area contributed by atoms with Gasteiger partial charge in [-0.3, -0.25) is 19.3 Å². The topological polar surface area (TPSA) is 92.8 Å². The van der Waals surface area contributed by atoms with E-state index in [0.717, 1.165) is 16.9 Å². The molecular weight excluding hydrogens is 556 g/mol. The molecule has 2 saturated carbocycles. The molecule has 0 spiro atoms. The number of ether oxygens (including phenoxy) is 1. The number of benzene rings is 1. The first-order valence-corrected chi connectivity index (χ1v) is 12.2. The fourth-order valence-electron chi connectivity index (χ4n) is 4.98. The number of nitrogens with one attached hydrogen (secondary N) is 1. The van der Waals surface area contributed by atoms with Gasteiger partial charge in [0.1, 0.15) is 6.04 Å². The molecule has 1 aromatic rings. The maximum Gasteiger partial charge on any atom is 0.329 e. The van der Waals surface area contributed by atoms with Crippen molar-refractivity contribution in [1.29, 1.82) is 0 Å². The van der Waals surface area contributed by atoms with Crippen molar-refractivity contribution in [2.45, 2.75) is 36.0 Å². The van der Waals surface area contributed by atoms with E-state index in [1.807, 2.05) is 6.92 Å². The molecule has 0 unspecified atom stereocenters. The molecule has 7 nitrogen and oxygen atoms in total. The van der Waals surface area contributed by atoms with Gasteiger partial charge in [0.15, 0.2) is 6.61 Å². The minimum absolute atomic E-state index is 0.0659. The molecule has 4 rings (SSSR count). The van der Waals surface area contributed by atoms with Gasteiger partial charge in [-0.1, -0.05) is 49.5 Å². The number of amides is 3. The van der Waals surface area contributed by atoms with Crippen LogP contribution in [0.1, 0.15) is 18.9 Å². The van der Waals surface area contributed by atoms with Crippen LogP contribution in [0, 0.1) is 30.6 Å². The maximum atomic E-state index is 13.0. The number of hydrogen-bond donors (Lipinski definition) is 1. The third kappa shape index (κ3) is 3.82. The van der Waals surface area contributed by atoms with E-state index in [4.69, 9.17) is 16.3 Å². The molecule has 2 aliphatic carbocycles. The predicted molar refractivity (Wildman–Crippen MR) is 121 cm³/mol. The standard InChI is InChI=1S/C21H21Br2ClN2O5/c1-8-3-4-10(5-13(8)24)25-14(27)7-31-21(30)9(2)26-19(28)15-11-6-12(16(15)20(26)29)18(23)17(11)22/h3-5,9,11-12,15-18H,6-7H2,1-2H3,(H,25,27)/t9-,11+,12+,15+,16+,17-,18-/m0/s1. The lowest BCUT2D eigenvalue weighted by atomic mass is 9.81. The van der Waals surface area contributed by atoms with Gasteiger partial charge in [0, 0.05) is 20.4 Å². The second-order valence-corrected chi connectivity index (χ2v) is 10.9. The van der Waals surface area contributed by atoms with Crippen molar-refractivity contribution in [2.75, 3.05) is 11.9 Å². The molecule has 3 aliphatic rings. The summed E-state index contributed by atoms with van der Waals surface area (Å²) in [7, 11) is 0. The molecular formula is C21H21Br2ClN2O5. The van der Waals surface area contributed by atoms with Crippen molar-refractivity contribution in [3.8, 4) is 0 Å². The Morgan fingerprint density at radius 1 is 1.19 bits per heavy atom. The molecule has 31 heavy (non-hydrogen) atoms. The summed E-state index contributed by atoms with van der Waals surface area (Å²) in [4.78, 5) is 51.9. The van der Waals surface area contributed by atoms with Crippen molar-refractivity contribution >= 4 is 72.8 Å². The molecule has 10 heteroatoms. The van der Waals surface area contributed by atoms with Crippen molar-refractivity contribution in [1.82, 2.24) is 4.90 Å². The Kier molecular flexibility index (Phi) is 6.22. The Morgan fingerprint density at radius 3 is 2.32 bits per heavy atom. The zero-order valence-corrected chi connectivity index (χ0v) is 20.7. The Hall–Kier alpha value is -1.45. The Bertz CT molecular complexity index is 941. The van der Waals surface area contributed by atoms with Crippen LogP contribution >= 0.6 is 43.5 Å². The highest BCUT2D eigenvalue weighted by atomic mass is 79.9. The molecule has 1 saturated heterocycles. The highest BCUT2D eigenvalue weighted by Crippen LogP contribution is 2.60. The quantitative estimate of drug-likeness (QED) is 0.330. The average Bonchev–Trinajstić information content (AvgIpc) is 3.33. The van der Waals surface area contributed by atoms with Gasteiger partial charge in [0.2, 0.25) is 11.8 Å². The number of alkyl halides is 2. The van der Waals surface area contributed by atoms with Gasteiger partial charge < -0.3 is 10.1 Å². The summed E-state index contributed by atoms with van der Waals surface area (Å²) in [5.74, 6) is -2.66. The van der Waals surface area contributed by atoms with Gasteiger partial charge in [-0.2, -0.15) is 0 Å². The average molecular weight is 577 g/mol. The maximum absolute atomic E-state index is 13.0. The van der Waals surface area contributed by atoms with Gasteiger partial charge in [0.05, 0.1) is 11.8 Å². The summed E-state index contributed by atoms with van der Waals surface area (Å²) in [6, 6.07) is 3.96. The summed E-state index contributed by atoms with van der Waals surface area (Å²) >= 11 is 13.3. The number of esters is 1. The van der Waals surface area contributed by atoms with E-state index >= 15 is 0 Å². The number of carbonyl (C=O) groups is 4. The predicted octanol–water partition coefficient (Wildman–Crippen LogP) is 3.30. The molecule has 1 heterocycles. The van der Waals surface area contributed by atoms with Gasteiger partial charge >= 0.3 is 5.97 Å². The lowest BCUT2D eigenvalue weighted by Crippen LogP contribution is -2.45. The van der Waals surface area contributed by atoms with E-state index in [1.54, 1.807) is 18.2 Å². The molecule has 0 radical (unpaired) electrons. The molecule has 2 bridgehead atoms. The molecule has 3 fully saturated rings. The molecule has 0 aromatic heterocycles. The zero-order valence-electron chi connectivity index (χ0n) is 16.8. The number of anilines is 1. The number of halogens is 3. The zero-order chi connectivity index (χ0) is 22.6. The summed E-state index contributed by atoms with van der Waals surface area (Å²) < 4.78 is 5.09. The minimum Gasteiger partial charge on any atom is -0.454 e. The second-order valence-electron chi connectivity index (χ2n) is 8.35. The third-order valence-electron chi connectivity index (χ3n) is 6.55. The van der Waals surface area contributed by atoms with Crippen LogP contribution in [0.2, 0.25) is 5.02 Å².